The van der Waals surface area contributed by atoms with Crippen molar-refractivity contribution >= 4 is 0 Å². The summed E-state index contributed by atoms with van der Waals surface area (Å²) in [5.41, 5.74) is 6.81. The number of fused-ring (bicyclic) bond motifs is 4. The lowest BCUT2D eigenvalue weighted by atomic mass is 9.58. The van der Waals surface area contributed by atoms with Crippen LogP contribution in [0.5, 0.6) is 0 Å². The minimum atomic E-state index is -0.0765. The maximum Gasteiger partial charge on any atom is 0.0583 e. The Morgan fingerprint density at radius 2 is 2.10 bits per heavy atom. The molecule has 0 aromatic heterocycles. The Bertz CT molecular complexity index is 571. The fourth-order valence-electron chi connectivity index (χ4n) is 5.26. The van der Waals surface area contributed by atoms with Crippen LogP contribution < -0.4 is 0 Å². The predicted octanol–water partition coefficient (Wildman–Crippen LogP) is 4.14. The fourth-order valence-corrected chi connectivity index (χ4v) is 5.26. The highest BCUT2D eigenvalue weighted by molar-refractivity contribution is 5.49. The highest BCUT2D eigenvalue weighted by Gasteiger charge is 2.46. The van der Waals surface area contributed by atoms with Crippen LogP contribution in [0.15, 0.2) is 35.4 Å². The molecule has 1 unspecified atom stereocenters. The van der Waals surface area contributed by atoms with E-state index in [1.54, 1.807) is 22.3 Å². The summed E-state index contributed by atoms with van der Waals surface area (Å²) in [6, 6.07) is 9.08. The highest BCUT2D eigenvalue weighted by atomic mass is 16.3. The molecule has 20 heavy (non-hydrogen) atoms. The van der Waals surface area contributed by atoms with Crippen LogP contribution in [0, 0.1) is 5.92 Å². The molecule has 1 aromatic carbocycles. The van der Waals surface area contributed by atoms with E-state index in [1.165, 1.54) is 32.1 Å². The van der Waals surface area contributed by atoms with Gasteiger partial charge in [0.05, 0.1) is 6.10 Å². The van der Waals surface area contributed by atoms with E-state index in [0.717, 1.165) is 12.8 Å². The van der Waals surface area contributed by atoms with Gasteiger partial charge in [-0.2, -0.15) is 0 Å². The van der Waals surface area contributed by atoms with Crippen LogP contribution in [0.3, 0.4) is 0 Å². The summed E-state index contributed by atoms with van der Waals surface area (Å²) in [5, 5.41) is 10.1. The van der Waals surface area contributed by atoms with Gasteiger partial charge in [0.25, 0.3) is 0 Å². The molecule has 0 radical (unpaired) electrons. The third-order valence-electron chi connectivity index (χ3n) is 6.17. The van der Waals surface area contributed by atoms with Crippen molar-refractivity contribution in [2.75, 3.05) is 0 Å². The van der Waals surface area contributed by atoms with Gasteiger partial charge in [-0.05, 0) is 62.0 Å². The third kappa shape index (κ3) is 1.59. The van der Waals surface area contributed by atoms with Gasteiger partial charge in [0, 0.05) is 5.41 Å². The first-order valence-corrected chi connectivity index (χ1v) is 8.23. The second-order valence-electron chi connectivity index (χ2n) is 6.93. The Hall–Kier alpha value is -1.08. The molecule has 3 aliphatic rings. The van der Waals surface area contributed by atoms with Crippen molar-refractivity contribution in [3.63, 3.8) is 0 Å². The molecule has 0 aliphatic heterocycles. The first-order valence-electron chi connectivity index (χ1n) is 8.23. The summed E-state index contributed by atoms with van der Waals surface area (Å²) in [4.78, 5) is 0. The Kier molecular flexibility index (Phi) is 2.82. The van der Waals surface area contributed by atoms with Crippen LogP contribution in [0.25, 0.3) is 0 Å². The van der Waals surface area contributed by atoms with Crippen LogP contribution in [0.2, 0.25) is 0 Å². The Labute approximate surface area is 121 Å². The normalized spacial score (nSPS) is 35.5. The number of hydrogen-bond acceptors (Lipinski definition) is 1. The summed E-state index contributed by atoms with van der Waals surface area (Å²) in [5.74, 6) is 0.685. The van der Waals surface area contributed by atoms with Crippen LogP contribution in [0.1, 0.15) is 56.6 Å². The minimum absolute atomic E-state index is 0.0765. The molecular formula is C19H24O. The van der Waals surface area contributed by atoms with Crippen LogP contribution in [0.4, 0.5) is 0 Å². The molecule has 0 spiro atoms. The zero-order valence-electron chi connectivity index (χ0n) is 12.4. The van der Waals surface area contributed by atoms with Crippen molar-refractivity contribution in [1.82, 2.24) is 0 Å². The number of hydrogen-bond donors (Lipinski definition) is 1. The van der Waals surface area contributed by atoms with Gasteiger partial charge in [0.2, 0.25) is 0 Å². The number of allylic oxidation sites excluding steroid dienone is 1. The molecule has 1 nitrogen and oxygen atoms in total. The minimum Gasteiger partial charge on any atom is -0.393 e. The van der Waals surface area contributed by atoms with E-state index in [-0.39, 0.29) is 6.10 Å². The topological polar surface area (TPSA) is 20.2 Å². The zero-order valence-corrected chi connectivity index (χ0v) is 12.4. The molecule has 0 heterocycles. The van der Waals surface area contributed by atoms with Crippen molar-refractivity contribution in [3.8, 4) is 0 Å². The highest BCUT2D eigenvalue weighted by Crippen LogP contribution is 2.56. The summed E-state index contributed by atoms with van der Waals surface area (Å²) in [7, 11) is 0. The second-order valence-corrected chi connectivity index (χ2v) is 6.93. The van der Waals surface area contributed by atoms with Crippen LogP contribution in [-0.2, 0) is 11.8 Å². The monoisotopic (exact) mass is 268 g/mol. The average Bonchev–Trinajstić information content (AvgIpc) is 2.87. The molecule has 0 amide bonds. The number of aliphatic hydroxyl groups excluding tert-OH is 1. The van der Waals surface area contributed by atoms with Crippen molar-refractivity contribution in [1.29, 1.82) is 0 Å². The maximum atomic E-state index is 10.1. The van der Waals surface area contributed by atoms with E-state index < -0.39 is 0 Å². The molecule has 0 saturated heterocycles. The molecule has 1 fully saturated rings. The van der Waals surface area contributed by atoms with Crippen molar-refractivity contribution in [2.45, 2.75) is 63.4 Å². The number of benzene rings is 1. The Morgan fingerprint density at radius 3 is 2.95 bits per heavy atom. The molecular weight excluding hydrogens is 244 g/mol. The van der Waals surface area contributed by atoms with Gasteiger partial charge in [-0.25, -0.2) is 0 Å². The fraction of sp³-hybridized carbons (Fsp3) is 0.579. The van der Waals surface area contributed by atoms with E-state index in [1.807, 2.05) is 0 Å². The summed E-state index contributed by atoms with van der Waals surface area (Å²) < 4.78 is 0. The van der Waals surface area contributed by atoms with Gasteiger partial charge >= 0.3 is 0 Å². The Balaban J connectivity index is 1.91. The van der Waals surface area contributed by atoms with Gasteiger partial charge < -0.3 is 5.11 Å². The van der Waals surface area contributed by atoms with Crippen LogP contribution in [-0.4, -0.2) is 11.2 Å². The van der Waals surface area contributed by atoms with Gasteiger partial charge in [-0.15, -0.1) is 0 Å². The lowest BCUT2D eigenvalue weighted by Crippen LogP contribution is -2.37. The summed E-state index contributed by atoms with van der Waals surface area (Å²) in [6.07, 6.45) is 8.08. The molecule has 1 aromatic rings. The van der Waals surface area contributed by atoms with Gasteiger partial charge in [0.1, 0.15) is 0 Å². The van der Waals surface area contributed by atoms with Crippen molar-refractivity contribution < 1.29 is 5.11 Å². The lowest BCUT2D eigenvalue weighted by Gasteiger charge is -2.46. The smallest absolute Gasteiger partial charge is 0.0583 e. The van der Waals surface area contributed by atoms with Gasteiger partial charge in [-0.3, -0.25) is 0 Å². The van der Waals surface area contributed by atoms with E-state index in [9.17, 15) is 5.11 Å². The molecule has 1 heteroatoms. The summed E-state index contributed by atoms with van der Waals surface area (Å²) in [6.45, 7) is 2.36. The molecule has 1 saturated carbocycles. The maximum absolute atomic E-state index is 10.1. The average molecular weight is 268 g/mol. The van der Waals surface area contributed by atoms with E-state index >= 15 is 0 Å². The standard InChI is InChI=1S/C19H24O/c1-2-19-10-9-14-11-15(20)12-16(14)18(19)8-7-13-5-3-4-6-17(13)19/h3-6,14-15,20H,2,7-12H2,1H3/t14?,15-,19-/m1/s1. The first-order chi connectivity index (χ1) is 9.74. The number of aryl methyl sites for hydroxylation is 1. The Morgan fingerprint density at radius 1 is 1.25 bits per heavy atom. The summed E-state index contributed by atoms with van der Waals surface area (Å²) >= 11 is 0. The van der Waals surface area contributed by atoms with E-state index in [4.69, 9.17) is 0 Å². The predicted molar refractivity (Wildman–Crippen MR) is 81.7 cm³/mol. The molecule has 4 rings (SSSR count). The SMILES string of the molecule is CC[C@]12CCC3C[C@@H](O)CC3=C1CCc1ccccc12. The second kappa shape index (κ2) is 4.46. The van der Waals surface area contributed by atoms with Crippen LogP contribution >= 0.6 is 0 Å². The molecule has 106 valence electrons. The van der Waals surface area contributed by atoms with E-state index in [0.29, 0.717) is 11.3 Å². The molecule has 3 aliphatic carbocycles. The third-order valence-corrected chi connectivity index (χ3v) is 6.17. The quantitative estimate of drug-likeness (QED) is 0.759. The largest absolute Gasteiger partial charge is 0.393 e. The van der Waals surface area contributed by atoms with E-state index in [2.05, 4.69) is 31.2 Å². The first kappa shape index (κ1) is 12.6. The molecule has 0 bridgehead atoms. The van der Waals surface area contributed by atoms with Crippen molar-refractivity contribution in [3.05, 3.63) is 46.5 Å². The zero-order chi connectivity index (χ0) is 13.7. The molecule has 1 N–H and O–H groups in total. The number of aliphatic hydroxyl groups is 1. The lowest BCUT2D eigenvalue weighted by molar-refractivity contribution is 0.177. The van der Waals surface area contributed by atoms with Gasteiger partial charge in [0.15, 0.2) is 0 Å². The number of rotatable bonds is 1. The van der Waals surface area contributed by atoms with Gasteiger partial charge in [-0.1, -0.05) is 42.3 Å². The van der Waals surface area contributed by atoms with Crippen molar-refractivity contribution in [2.24, 2.45) is 5.92 Å². The molecule has 3 atom stereocenters.